The molecule has 1 aromatic carbocycles. The third-order valence-electron chi connectivity index (χ3n) is 1.28. The molecular weight excluding hydrogens is 187 g/mol. The Morgan fingerprint density at radius 2 is 1.64 bits per heavy atom. The van der Waals surface area contributed by atoms with Crippen LogP contribution in [0.1, 0.15) is 27.8 Å². The molecule has 0 saturated heterocycles. The molecule has 74 valence electrons. The van der Waals surface area contributed by atoms with Crippen molar-refractivity contribution >= 4 is 5.97 Å². The minimum atomic E-state index is -0.283. The molecule has 14 heavy (non-hydrogen) atoms. The molecule has 0 aliphatic rings. The molecule has 0 aliphatic carbocycles. The van der Waals surface area contributed by atoms with E-state index in [4.69, 9.17) is 4.74 Å². The van der Waals surface area contributed by atoms with Crippen LogP contribution >= 0.6 is 0 Å². The first-order valence-corrected chi connectivity index (χ1v) is 4.43. The molecule has 1 rings (SSSR count). The van der Waals surface area contributed by atoms with Crippen LogP contribution in [0, 0.1) is 6.92 Å². The van der Waals surface area contributed by atoms with Gasteiger partial charge in [0, 0.05) is 6.92 Å². The van der Waals surface area contributed by atoms with Gasteiger partial charge in [0.25, 0.3) is 0 Å². The topological polar surface area (TPSA) is 26.3 Å². The van der Waals surface area contributed by atoms with Crippen molar-refractivity contribution in [3.63, 3.8) is 0 Å². The number of ether oxygens (including phenoxy) is 1. The number of rotatable bonds is 1. The zero-order chi connectivity index (χ0) is 10.3. The summed E-state index contributed by atoms with van der Waals surface area (Å²) in [4.78, 5) is 10.5. The zero-order valence-corrected chi connectivity index (χ0v) is 11.6. The average Bonchev–Trinajstić information content (AvgIpc) is 2.12. The molecule has 0 radical (unpaired) electrons. The standard InChI is InChI=1S/C9H10O2.C2H6.Na.H/c1-7-3-5-9(6-4-7)11-8(2)10;1-2;;/h3-6H,1-2H3;1-2H3;;/q;;+1;-1. The summed E-state index contributed by atoms with van der Waals surface area (Å²) in [6.45, 7) is 7.37. The van der Waals surface area contributed by atoms with Crippen molar-refractivity contribution in [1.82, 2.24) is 0 Å². The summed E-state index contributed by atoms with van der Waals surface area (Å²) in [5.74, 6) is 0.317. The second kappa shape index (κ2) is 9.25. The van der Waals surface area contributed by atoms with Crippen LogP contribution in [0.3, 0.4) is 0 Å². The number of esters is 1. The summed E-state index contributed by atoms with van der Waals surface area (Å²) in [7, 11) is 0. The van der Waals surface area contributed by atoms with Gasteiger partial charge in [-0.05, 0) is 19.1 Å². The van der Waals surface area contributed by atoms with Gasteiger partial charge in [-0.15, -0.1) is 0 Å². The Hall–Kier alpha value is -0.310. The fourth-order valence-electron chi connectivity index (χ4n) is 0.772. The Kier molecular flexibility index (Phi) is 10.7. The number of carbonyl (C=O) groups is 1. The van der Waals surface area contributed by atoms with Crippen LogP contribution in [-0.4, -0.2) is 5.97 Å². The van der Waals surface area contributed by atoms with E-state index in [0.29, 0.717) is 5.75 Å². The van der Waals surface area contributed by atoms with Crippen LogP contribution in [0.5, 0.6) is 5.75 Å². The fourth-order valence-corrected chi connectivity index (χ4v) is 0.772. The Morgan fingerprint density at radius 3 is 2.00 bits per heavy atom. The number of benzene rings is 1. The maximum atomic E-state index is 10.5. The van der Waals surface area contributed by atoms with E-state index in [0.717, 1.165) is 5.56 Å². The summed E-state index contributed by atoms with van der Waals surface area (Å²) in [5.41, 5.74) is 1.15. The molecule has 2 nitrogen and oxygen atoms in total. The van der Waals surface area contributed by atoms with E-state index >= 15 is 0 Å². The molecule has 0 fully saturated rings. The number of hydrogen-bond donors (Lipinski definition) is 0. The van der Waals surface area contributed by atoms with Gasteiger partial charge in [-0.3, -0.25) is 4.79 Å². The van der Waals surface area contributed by atoms with Crippen molar-refractivity contribution in [3.05, 3.63) is 29.8 Å². The van der Waals surface area contributed by atoms with Crippen molar-refractivity contribution in [2.24, 2.45) is 0 Å². The average molecular weight is 204 g/mol. The molecule has 0 saturated carbocycles. The predicted molar refractivity (Wildman–Crippen MR) is 54.9 cm³/mol. The van der Waals surface area contributed by atoms with Crippen LogP contribution in [0.25, 0.3) is 0 Å². The minimum absolute atomic E-state index is 0. The Bertz CT molecular complexity index is 260. The molecule has 0 spiro atoms. The Morgan fingerprint density at radius 1 is 1.21 bits per heavy atom. The van der Waals surface area contributed by atoms with Crippen molar-refractivity contribution in [1.29, 1.82) is 0 Å². The second-order valence-electron chi connectivity index (χ2n) is 2.41. The molecule has 0 bridgehead atoms. The van der Waals surface area contributed by atoms with Crippen LogP contribution in [0.15, 0.2) is 24.3 Å². The largest absolute Gasteiger partial charge is 1.00 e. The van der Waals surface area contributed by atoms with E-state index in [9.17, 15) is 4.79 Å². The summed E-state index contributed by atoms with van der Waals surface area (Å²) in [5, 5.41) is 0. The molecule has 1 aromatic rings. The van der Waals surface area contributed by atoms with Gasteiger partial charge in [0.1, 0.15) is 5.75 Å². The van der Waals surface area contributed by atoms with Crippen LogP contribution in [-0.2, 0) is 4.79 Å². The molecule has 0 unspecified atom stereocenters. The minimum Gasteiger partial charge on any atom is -1.00 e. The fraction of sp³-hybridized carbons (Fsp3) is 0.364. The van der Waals surface area contributed by atoms with Gasteiger partial charge in [-0.25, -0.2) is 0 Å². The van der Waals surface area contributed by atoms with E-state index in [-0.39, 0.29) is 37.0 Å². The first kappa shape index (κ1) is 16.1. The molecule has 0 aromatic heterocycles. The van der Waals surface area contributed by atoms with Gasteiger partial charge < -0.3 is 6.16 Å². The van der Waals surface area contributed by atoms with E-state index in [1.165, 1.54) is 6.92 Å². The van der Waals surface area contributed by atoms with E-state index in [2.05, 4.69) is 0 Å². The maximum absolute atomic E-state index is 10.5. The van der Waals surface area contributed by atoms with E-state index in [1.807, 2.05) is 32.9 Å². The second-order valence-corrected chi connectivity index (χ2v) is 2.41. The molecule has 0 aliphatic heterocycles. The Labute approximate surface area is 109 Å². The maximum Gasteiger partial charge on any atom is 1.00 e. The molecule has 0 atom stereocenters. The number of aryl methyl sites for hydroxylation is 1. The first-order valence-electron chi connectivity index (χ1n) is 4.43. The molecule has 0 N–H and O–H groups in total. The van der Waals surface area contributed by atoms with Gasteiger partial charge in [-0.2, -0.15) is 0 Å². The SMILES string of the molecule is CC.CC(=O)Oc1ccc(C)cc1.[H-].[Na+]. The summed E-state index contributed by atoms with van der Waals surface area (Å²) in [6.07, 6.45) is 0. The van der Waals surface area contributed by atoms with E-state index < -0.39 is 0 Å². The van der Waals surface area contributed by atoms with Gasteiger partial charge >= 0.3 is 35.5 Å². The van der Waals surface area contributed by atoms with Gasteiger partial charge in [-0.1, -0.05) is 31.5 Å². The molecule has 0 heterocycles. The number of carbonyl (C=O) groups excluding carboxylic acids is 1. The van der Waals surface area contributed by atoms with Crippen molar-refractivity contribution in [3.8, 4) is 5.75 Å². The predicted octanol–water partition coefficient (Wildman–Crippen LogP) is 0.0630. The summed E-state index contributed by atoms with van der Waals surface area (Å²) >= 11 is 0. The van der Waals surface area contributed by atoms with Gasteiger partial charge in [0.05, 0.1) is 0 Å². The van der Waals surface area contributed by atoms with Crippen molar-refractivity contribution in [2.45, 2.75) is 27.7 Å². The van der Waals surface area contributed by atoms with Crippen molar-refractivity contribution < 1.29 is 40.5 Å². The van der Waals surface area contributed by atoms with Gasteiger partial charge in [0.2, 0.25) is 0 Å². The third-order valence-corrected chi connectivity index (χ3v) is 1.28. The first-order chi connectivity index (χ1) is 6.18. The van der Waals surface area contributed by atoms with Crippen LogP contribution in [0.2, 0.25) is 0 Å². The van der Waals surface area contributed by atoms with Crippen LogP contribution < -0.4 is 34.3 Å². The smallest absolute Gasteiger partial charge is 1.00 e. The normalized spacial score (nSPS) is 7.71. The third kappa shape index (κ3) is 7.13. The van der Waals surface area contributed by atoms with Gasteiger partial charge in [0.15, 0.2) is 0 Å². The van der Waals surface area contributed by atoms with E-state index in [1.54, 1.807) is 12.1 Å². The van der Waals surface area contributed by atoms with Crippen molar-refractivity contribution in [2.75, 3.05) is 0 Å². The monoisotopic (exact) mass is 204 g/mol. The number of hydrogen-bond acceptors (Lipinski definition) is 2. The van der Waals surface area contributed by atoms with Crippen LogP contribution in [0.4, 0.5) is 0 Å². The molecule has 3 heteroatoms. The zero-order valence-electron chi connectivity index (χ0n) is 10.6. The summed E-state index contributed by atoms with van der Waals surface area (Å²) in [6, 6.07) is 7.35. The summed E-state index contributed by atoms with van der Waals surface area (Å²) < 4.78 is 4.83. The molecular formula is C11H17NaO2. The Balaban J connectivity index is -0.000000339. The quantitative estimate of drug-likeness (QED) is 0.367. The molecule has 0 amide bonds.